The highest BCUT2D eigenvalue weighted by Crippen LogP contribution is 2.37. The van der Waals surface area contributed by atoms with Crippen LogP contribution in [0.5, 0.6) is 0 Å². The minimum Gasteiger partial charge on any atom is -0.326 e. The van der Waals surface area contributed by atoms with Crippen molar-refractivity contribution in [2.45, 2.75) is 31.3 Å². The summed E-state index contributed by atoms with van der Waals surface area (Å²) < 4.78 is 1.16. The molecule has 0 aliphatic carbocycles. The number of thiophene rings is 1. The molecule has 1 aromatic carbocycles. The average Bonchev–Trinajstić information content (AvgIpc) is 3.10. The smallest absolute Gasteiger partial charge is 0.0591 e. The number of benzene rings is 1. The number of nitrogens with zero attached hydrogens (tertiary/aromatic N) is 1. The number of halogens is 1. The number of rotatable bonds is 4. The van der Waals surface area contributed by atoms with E-state index in [9.17, 15) is 0 Å². The van der Waals surface area contributed by atoms with Crippen LogP contribution in [0.15, 0.2) is 46.3 Å². The maximum absolute atomic E-state index is 6.29. The van der Waals surface area contributed by atoms with Gasteiger partial charge in [-0.3, -0.25) is 4.90 Å². The lowest BCUT2D eigenvalue weighted by molar-refractivity contribution is 0.220. The van der Waals surface area contributed by atoms with E-state index in [1.807, 2.05) is 0 Å². The van der Waals surface area contributed by atoms with E-state index < -0.39 is 0 Å². The SMILES string of the molecule is CC(N)C(c1cc(Br)cs1)N1CCC(c2ccccc2)C1. The van der Waals surface area contributed by atoms with Crippen molar-refractivity contribution in [1.29, 1.82) is 0 Å². The minimum absolute atomic E-state index is 0.144. The monoisotopic (exact) mass is 364 g/mol. The van der Waals surface area contributed by atoms with Gasteiger partial charge in [0.25, 0.3) is 0 Å². The summed E-state index contributed by atoms with van der Waals surface area (Å²) >= 11 is 5.36. The molecule has 3 unspecified atom stereocenters. The van der Waals surface area contributed by atoms with Crippen LogP contribution in [0, 0.1) is 0 Å². The highest BCUT2D eigenvalue weighted by molar-refractivity contribution is 9.10. The Bertz CT molecular complexity index is 581. The van der Waals surface area contributed by atoms with E-state index in [2.05, 4.69) is 69.5 Å². The fraction of sp³-hybridized carbons (Fsp3) is 0.412. The van der Waals surface area contributed by atoms with Gasteiger partial charge in [0.05, 0.1) is 6.04 Å². The Balaban J connectivity index is 1.77. The van der Waals surface area contributed by atoms with Gasteiger partial charge in [0.1, 0.15) is 0 Å². The molecule has 21 heavy (non-hydrogen) atoms. The van der Waals surface area contributed by atoms with E-state index >= 15 is 0 Å². The predicted octanol–water partition coefficient (Wildman–Crippen LogP) is 4.39. The third kappa shape index (κ3) is 3.39. The second-order valence-electron chi connectivity index (χ2n) is 5.86. The van der Waals surface area contributed by atoms with Crippen LogP contribution >= 0.6 is 27.3 Å². The lowest BCUT2D eigenvalue weighted by Crippen LogP contribution is -2.37. The molecule has 2 nitrogen and oxygen atoms in total. The lowest BCUT2D eigenvalue weighted by Gasteiger charge is -2.30. The fourth-order valence-electron chi connectivity index (χ4n) is 3.29. The summed E-state index contributed by atoms with van der Waals surface area (Å²) in [6, 6.07) is 13.5. The van der Waals surface area contributed by atoms with Crippen LogP contribution in [0.3, 0.4) is 0 Å². The molecule has 1 aliphatic heterocycles. The molecule has 3 atom stereocenters. The minimum atomic E-state index is 0.144. The first kappa shape index (κ1) is 15.2. The third-order valence-electron chi connectivity index (χ3n) is 4.26. The van der Waals surface area contributed by atoms with E-state index in [0.29, 0.717) is 12.0 Å². The number of hydrogen-bond donors (Lipinski definition) is 1. The standard InChI is InChI=1S/C17H21BrN2S/c1-12(19)17(16-9-15(18)11-21-16)20-8-7-14(10-20)13-5-3-2-4-6-13/h2-6,9,11-12,14,17H,7-8,10,19H2,1H3. The highest BCUT2D eigenvalue weighted by Gasteiger charge is 2.32. The van der Waals surface area contributed by atoms with Gasteiger partial charge in [0, 0.05) is 27.3 Å². The molecule has 2 heterocycles. The van der Waals surface area contributed by atoms with Gasteiger partial charge in [-0.2, -0.15) is 0 Å². The summed E-state index contributed by atoms with van der Waals surface area (Å²) in [5, 5.41) is 2.15. The zero-order valence-electron chi connectivity index (χ0n) is 12.2. The largest absolute Gasteiger partial charge is 0.326 e. The molecule has 0 amide bonds. The summed E-state index contributed by atoms with van der Waals surface area (Å²) in [6.07, 6.45) is 1.22. The fourth-order valence-corrected chi connectivity index (χ4v) is 4.99. The van der Waals surface area contributed by atoms with Crippen molar-refractivity contribution in [3.63, 3.8) is 0 Å². The number of nitrogens with two attached hydrogens (primary N) is 1. The van der Waals surface area contributed by atoms with Crippen molar-refractivity contribution < 1.29 is 0 Å². The van der Waals surface area contributed by atoms with Gasteiger partial charge >= 0.3 is 0 Å². The molecule has 4 heteroatoms. The average molecular weight is 365 g/mol. The molecule has 112 valence electrons. The van der Waals surface area contributed by atoms with Crippen molar-refractivity contribution in [1.82, 2.24) is 4.90 Å². The van der Waals surface area contributed by atoms with Crippen molar-refractivity contribution in [3.8, 4) is 0 Å². The van der Waals surface area contributed by atoms with E-state index in [-0.39, 0.29) is 6.04 Å². The maximum Gasteiger partial charge on any atom is 0.0591 e. The first-order valence-corrected chi connectivity index (χ1v) is 9.11. The summed E-state index contributed by atoms with van der Waals surface area (Å²) in [4.78, 5) is 3.92. The van der Waals surface area contributed by atoms with Gasteiger partial charge in [0.15, 0.2) is 0 Å². The van der Waals surface area contributed by atoms with E-state index in [4.69, 9.17) is 5.73 Å². The second-order valence-corrected chi connectivity index (χ2v) is 7.72. The Morgan fingerprint density at radius 1 is 1.33 bits per heavy atom. The molecule has 2 aromatic rings. The molecule has 0 saturated carbocycles. The normalized spacial score (nSPS) is 22.3. The van der Waals surface area contributed by atoms with Crippen molar-refractivity contribution in [3.05, 3.63) is 56.7 Å². The predicted molar refractivity (Wildman–Crippen MR) is 93.8 cm³/mol. The molecule has 1 aromatic heterocycles. The molecule has 2 N–H and O–H groups in total. The molecule has 1 saturated heterocycles. The van der Waals surface area contributed by atoms with Gasteiger partial charge in [-0.05, 0) is 53.4 Å². The van der Waals surface area contributed by atoms with Crippen LogP contribution in [0.25, 0.3) is 0 Å². The van der Waals surface area contributed by atoms with Crippen LogP contribution < -0.4 is 5.73 Å². The Labute approximate surface area is 139 Å². The maximum atomic E-state index is 6.29. The molecule has 3 rings (SSSR count). The Morgan fingerprint density at radius 2 is 2.10 bits per heavy atom. The number of hydrogen-bond acceptors (Lipinski definition) is 3. The zero-order chi connectivity index (χ0) is 14.8. The molecule has 1 aliphatic rings. The third-order valence-corrected chi connectivity index (χ3v) is 6.03. The lowest BCUT2D eigenvalue weighted by atomic mass is 9.98. The van der Waals surface area contributed by atoms with E-state index in [1.165, 1.54) is 16.9 Å². The van der Waals surface area contributed by atoms with Crippen LogP contribution in [0.1, 0.15) is 35.7 Å². The zero-order valence-corrected chi connectivity index (χ0v) is 14.6. The summed E-state index contributed by atoms with van der Waals surface area (Å²) in [5.41, 5.74) is 7.75. The van der Waals surface area contributed by atoms with Crippen LogP contribution in [0.4, 0.5) is 0 Å². The Morgan fingerprint density at radius 3 is 2.71 bits per heavy atom. The first-order chi connectivity index (χ1) is 10.1. The molecular formula is C17H21BrN2S. The topological polar surface area (TPSA) is 29.3 Å². The molecule has 0 bridgehead atoms. The molecular weight excluding hydrogens is 344 g/mol. The van der Waals surface area contributed by atoms with E-state index in [0.717, 1.165) is 17.6 Å². The van der Waals surface area contributed by atoms with Crippen LogP contribution in [-0.4, -0.2) is 24.0 Å². The van der Waals surface area contributed by atoms with E-state index in [1.54, 1.807) is 11.3 Å². The number of likely N-dealkylation sites (tertiary alicyclic amines) is 1. The molecule has 1 fully saturated rings. The van der Waals surface area contributed by atoms with Gasteiger partial charge in [-0.25, -0.2) is 0 Å². The second kappa shape index (κ2) is 6.61. The van der Waals surface area contributed by atoms with Crippen molar-refractivity contribution >= 4 is 27.3 Å². The molecule has 0 spiro atoms. The van der Waals surface area contributed by atoms with Crippen molar-refractivity contribution in [2.75, 3.05) is 13.1 Å². The highest BCUT2D eigenvalue weighted by atomic mass is 79.9. The quantitative estimate of drug-likeness (QED) is 0.871. The van der Waals surface area contributed by atoms with Crippen LogP contribution in [-0.2, 0) is 0 Å². The van der Waals surface area contributed by atoms with Crippen molar-refractivity contribution in [2.24, 2.45) is 5.73 Å². The van der Waals surface area contributed by atoms with Gasteiger partial charge in [-0.15, -0.1) is 11.3 Å². The first-order valence-electron chi connectivity index (χ1n) is 7.43. The van der Waals surface area contributed by atoms with Crippen LogP contribution in [0.2, 0.25) is 0 Å². The molecule has 0 radical (unpaired) electrons. The van der Waals surface area contributed by atoms with Gasteiger partial charge in [-0.1, -0.05) is 30.3 Å². The Hall–Kier alpha value is -0.680. The van der Waals surface area contributed by atoms with Gasteiger partial charge < -0.3 is 5.73 Å². The summed E-state index contributed by atoms with van der Waals surface area (Å²) in [7, 11) is 0. The summed E-state index contributed by atoms with van der Waals surface area (Å²) in [5.74, 6) is 0.635. The van der Waals surface area contributed by atoms with Gasteiger partial charge in [0.2, 0.25) is 0 Å². The summed E-state index contributed by atoms with van der Waals surface area (Å²) in [6.45, 7) is 4.35. The Kier molecular flexibility index (Phi) is 4.79.